The quantitative estimate of drug-likeness (QED) is 0.347. The van der Waals surface area contributed by atoms with Crippen molar-refractivity contribution in [3.63, 3.8) is 0 Å². The first-order chi connectivity index (χ1) is 13.9. The zero-order valence-electron chi connectivity index (χ0n) is 15.7. The molecule has 6 nitrogen and oxygen atoms in total. The molecule has 0 aliphatic heterocycles. The largest absolute Gasteiger partial charge is 0.462 e. The summed E-state index contributed by atoms with van der Waals surface area (Å²) in [7, 11) is 0. The van der Waals surface area contributed by atoms with Crippen LogP contribution in [0, 0.1) is 18.2 Å². The second-order valence-corrected chi connectivity index (χ2v) is 7.58. The lowest BCUT2D eigenvalue weighted by Crippen LogP contribution is -2.28. The van der Waals surface area contributed by atoms with Gasteiger partial charge in [0.25, 0.3) is 0 Å². The van der Waals surface area contributed by atoms with E-state index in [2.05, 4.69) is 10.3 Å². The molecule has 1 aromatic heterocycles. The van der Waals surface area contributed by atoms with Crippen molar-refractivity contribution in [1.82, 2.24) is 3.96 Å². The molecule has 0 bridgehead atoms. The molecule has 0 aliphatic rings. The van der Waals surface area contributed by atoms with Gasteiger partial charge in [0.2, 0.25) is 5.96 Å². The van der Waals surface area contributed by atoms with Crippen molar-refractivity contribution in [3.05, 3.63) is 75.3 Å². The first kappa shape index (κ1) is 20.8. The van der Waals surface area contributed by atoms with Gasteiger partial charge < -0.3 is 10.1 Å². The van der Waals surface area contributed by atoms with Crippen molar-refractivity contribution in [2.24, 2.45) is 4.99 Å². The summed E-state index contributed by atoms with van der Waals surface area (Å²) in [6.07, 6.45) is 0. The van der Waals surface area contributed by atoms with E-state index < -0.39 is 11.8 Å². The Labute approximate surface area is 175 Å². The van der Waals surface area contributed by atoms with Crippen molar-refractivity contribution < 1.29 is 13.9 Å². The van der Waals surface area contributed by atoms with E-state index in [0.717, 1.165) is 4.88 Å². The maximum absolute atomic E-state index is 13.5. The van der Waals surface area contributed by atoms with Crippen LogP contribution in [0.15, 0.2) is 53.5 Å². The van der Waals surface area contributed by atoms with Crippen LogP contribution in [0.4, 0.5) is 15.8 Å². The zero-order chi connectivity index (χ0) is 21.0. The summed E-state index contributed by atoms with van der Waals surface area (Å²) in [5.74, 6) is -0.579. The minimum atomic E-state index is -0.522. The number of aromatic nitrogens is 1. The van der Waals surface area contributed by atoms with E-state index in [4.69, 9.17) is 21.7 Å². The number of halogens is 2. The van der Waals surface area contributed by atoms with E-state index >= 15 is 0 Å². The number of rotatable bonds is 4. The lowest BCUT2D eigenvalue weighted by molar-refractivity contribution is 0.0526. The van der Waals surface area contributed by atoms with Gasteiger partial charge in [0.05, 0.1) is 22.9 Å². The molecule has 0 saturated carbocycles. The molecule has 0 atom stereocenters. The first-order valence-corrected chi connectivity index (χ1v) is 9.85. The van der Waals surface area contributed by atoms with Crippen molar-refractivity contribution in [3.8, 4) is 0 Å². The van der Waals surface area contributed by atoms with E-state index in [1.54, 1.807) is 41.2 Å². The average Bonchev–Trinajstić information content (AvgIpc) is 3.03. The van der Waals surface area contributed by atoms with Crippen LogP contribution in [0.2, 0.25) is 5.02 Å². The molecular weight excluding hydrogens is 415 g/mol. The Bertz CT molecular complexity index is 1120. The summed E-state index contributed by atoms with van der Waals surface area (Å²) in [6.45, 7) is 3.93. The van der Waals surface area contributed by atoms with Gasteiger partial charge in [0, 0.05) is 10.6 Å². The number of nitrogens with one attached hydrogen (secondary N) is 2. The average molecular weight is 433 g/mol. The van der Waals surface area contributed by atoms with Crippen LogP contribution in [0.5, 0.6) is 0 Å². The van der Waals surface area contributed by atoms with Gasteiger partial charge in [0.1, 0.15) is 11.3 Å². The van der Waals surface area contributed by atoms with Crippen molar-refractivity contribution in [2.45, 2.75) is 13.8 Å². The van der Waals surface area contributed by atoms with Gasteiger partial charge >= 0.3 is 5.97 Å². The van der Waals surface area contributed by atoms with Crippen molar-refractivity contribution >= 4 is 46.4 Å². The van der Waals surface area contributed by atoms with E-state index in [0.29, 0.717) is 29.5 Å². The predicted molar refractivity (Wildman–Crippen MR) is 113 cm³/mol. The summed E-state index contributed by atoms with van der Waals surface area (Å²) >= 11 is 7.21. The van der Waals surface area contributed by atoms with E-state index in [1.165, 1.54) is 29.7 Å². The highest BCUT2D eigenvalue weighted by atomic mass is 35.5. The summed E-state index contributed by atoms with van der Waals surface area (Å²) in [5, 5.41) is 11.2. The summed E-state index contributed by atoms with van der Waals surface area (Å²) in [4.78, 5) is 17.3. The Hall–Kier alpha value is -2.97. The third-order valence-corrected chi connectivity index (χ3v) is 5.02. The molecule has 0 saturated heterocycles. The van der Waals surface area contributed by atoms with Gasteiger partial charge in [-0.3, -0.25) is 5.41 Å². The maximum Gasteiger partial charge on any atom is 0.338 e. The number of hydrogen-bond donors (Lipinski definition) is 2. The minimum absolute atomic E-state index is 0.0217. The Morgan fingerprint density at radius 3 is 2.59 bits per heavy atom. The molecule has 2 N–H and O–H groups in total. The number of hydrogen-bond acceptors (Lipinski definition) is 5. The Balaban J connectivity index is 1.98. The highest BCUT2D eigenvalue weighted by Gasteiger charge is 2.11. The number of anilines is 1. The standard InChI is InChI=1S/C20H18ClFN4O2S/c1-3-28-19(27)13-4-6-14(7-5-13)24-20(26-18(23)10-12(2)29-26)25-15-8-9-17(22)16(21)11-15/h4-11,23H,3H2,1-2H3,(H,24,25). The van der Waals surface area contributed by atoms with Crippen LogP contribution in [-0.2, 0) is 4.74 Å². The minimum Gasteiger partial charge on any atom is -0.462 e. The fraction of sp³-hybridized carbons (Fsp3) is 0.150. The van der Waals surface area contributed by atoms with Crippen LogP contribution in [0.25, 0.3) is 0 Å². The van der Waals surface area contributed by atoms with Crippen LogP contribution < -0.4 is 10.8 Å². The molecule has 0 aliphatic carbocycles. The molecule has 0 radical (unpaired) electrons. The summed E-state index contributed by atoms with van der Waals surface area (Å²) in [5.41, 5.74) is 1.75. The fourth-order valence-electron chi connectivity index (χ4n) is 2.46. The number of carbonyl (C=O) groups excluding carboxylic acids is 1. The Morgan fingerprint density at radius 2 is 2.00 bits per heavy atom. The molecule has 29 heavy (non-hydrogen) atoms. The number of nitrogens with zero attached hydrogens (tertiary/aromatic N) is 2. The second-order valence-electron chi connectivity index (χ2n) is 5.98. The lowest BCUT2D eigenvalue weighted by Gasteiger charge is -2.11. The molecule has 0 fully saturated rings. The van der Waals surface area contributed by atoms with Crippen LogP contribution in [-0.4, -0.2) is 22.5 Å². The molecule has 0 amide bonds. The Kier molecular flexibility index (Phi) is 6.46. The maximum atomic E-state index is 13.5. The van der Waals surface area contributed by atoms with E-state index in [-0.39, 0.29) is 10.5 Å². The molecule has 0 spiro atoms. The van der Waals surface area contributed by atoms with Gasteiger partial charge in [-0.25, -0.2) is 18.1 Å². The molecule has 1 heterocycles. The van der Waals surface area contributed by atoms with Crippen LogP contribution in [0.1, 0.15) is 22.2 Å². The number of esters is 1. The number of aliphatic imine (C=N–C) groups is 1. The highest BCUT2D eigenvalue weighted by molar-refractivity contribution is 7.07. The number of benzene rings is 2. The smallest absolute Gasteiger partial charge is 0.338 e. The molecule has 3 aromatic rings. The topological polar surface area (TPSA) is 79.5 Å². The van der Waals surface area contributed by atoms with E-state index in [1.807, 2.05) is 6.92 Å². The van der Waals surface area contributed by atoms with Gasteiger partial charge in [-0.05, 0) is 62.4 Å². The molecule has 0 unspecified atom stereocenters. The lowest BCUT2D eigenvalue weighted by atomic mass is 10.2. The summed E-state index contributed by atoms with van der Waals surface area (Å²) < 4.78 is 20.1. The first-order valence-electron chi connectivity index (χ1n) is 8.70. The van der Waals surface area contributed by atoms with Crippen molar-refractivity contribution in [1.29, 1.82) is 5.41 Å². The third-order valence-electron chi connectivity index (χ3n) is 3.78. The predicted octanol–water partition coefficient (Wildman–Crippen LogP) is 4.95. The Morgan fingerprint density at radius 1 is 1.28 bits per heavy atom. The van der Waals surface area contributed by atoms with Gasteiger partial charge in [-0.2, -0.15) is 0 Å². The molecule has 150 valence electrons. The zero-order valence-corrected chi connectivity index (χ0v) is 17.3. The number of ether oxygens (including phenoxy) is 1. The number of carbonyl (C=O) groups is 1. The number of aryl methyl sites for hydroxylation is 1. The highest BCUT2D eigenvalue weighted by Crippen LogP contribution is 2.21. The monoisotopic (exact) mass is 432 g/mol. The van der Waals surface area contributed by atoms with E-state index in [9.17, 15) is 9.18 Å². The molecule has 2 aromatic carbocycles. The van der Waals surface area contributed by atoms with Crippen LogP contribution in [0.3, 0.4) is 0 Å². The van der Waals surface area contributed by atoms with Crippen molar-refractivity contribution in [2.75, 3.05) is 11.9 Å². The van der Waals surface area contributed by atoms with Gasteiger partial charge in [-0.1, -0.05) is 23.1 Å². The third kappa shape index (κ3) is 5.10. The fourth-order valence-corrected chi connectivity index (χ4v) is 3.42. The molecule has 3 rings (SSSR count). The molecular formula is C20H18ClFN4O2S. The molecule has 9 heteroatoms. The normalized spacial score (nSPS) is 11.4. The van der Waals surface area contributed by atoms with Gasteiger partial charge in [-0.15, -0.1) is 0 Å². The second kappa shape index (κ2) is 9.02. The summed E-state index contributed by atoms with van der Waals surface area (Å²) in [6, 6.07) is 12.5. The van der Waals surface area contributed by atoms with Gasteiger partial charge in [0.15, 0.2) is 0 Å². The SMILES string of the molecule is CCOC(=O)c1ccc(N=C(Nc2ccc(F)c(Cl)c2)n2sc(C)cc2=N)cc1. The van der Waals surface area contributed by atoms with Crippen LogP contribution >= 0.6 is 23.1 Å².